The van der Waals surface area contributed by atoms with Crippen LogP contribution >= 0.6 is 11.3 Å². The van der Waals surface area contributed by atoms with E-state index in [0.717, 1.165) is 41.5 Å². The molecular weight excluding hydrogens is 234 g/mol. The summed E-state index contributed by atoms with van der Waals surface area (Å²) in [4.78, 5) is 19.4. The van der Waals surface area contributed by atoms with E-state index in [1.807, 2.05) is 25.8 Å². The predicted molar refractivity (Wildman–Crippen MR) is 69.6 cm³/mol. The number of nitrogens with zero attached hydrogens (tertiary/aromatic N) is 2. The van der Waals surface area contributed by atoms with Gasteiger partial charge in [0.1, 0.15) is 4.88 Å². The number of rotatable bonds is 2. The fourth-order valence-electron chi connectivity index (χ4n) is 2.27. The van der Waals surface area contributed by atoms with Crippen LogP contribution in [0.4, 0.5) is 0 Å². The van der Waals surface area contributed by atoms with Gasteiger partial charge in [0.25, 0.3) is 5.91 Å². The van der Waals surface area contributed by atoms with Crippen LogP contribution < -0.4 is 5.32 Å². The normalized spacial score (nSPS) is 20.6. The van der Waals surface area contributed by atoms with Crippen molar-refractivity contribution in [3.8, 4) is 0 Å². The Labute approximate surface area is 106 Å². The third-order valence-corrected chi connectivity index (χ3v) is 4.28. The fourth-order valence-corrected chi connectivity index (χ4v) is 3.16. The molecular formula is C12H19N3OS. The molecule has 1 aliphatic heterocycles. The summed E-state index contributed by atoms with van der Waals surface area (Å²) in [6.45, 7) is 5.54. The first-order valence-corrected chi connectivity index (χ1v) is 6.84. The van der Waals surface area contributed by atoms with Crippen molar-refractivity contribution in [1.29, 1.82) is 0 Å². The number of amides is 1. The number of hydrogen-bond acceptors (Lipinski definition) is 4. The largest absolute Gasteiger partial charge is 0.336 e. The van der Waals surface area contributed by atoms with E-state index in [1.165, 1.54) is 11.3 Å². The molecule has 2 heterocycles. The number of carbonyl (C=O) groups excluding carboxylic acids is 1. The van der Waals surface area contributed by atoms with Gasteiger partial charge < -0.3 is 10.2 Å². The smallest absolute Gasteiger partial charge is 0.265 e. The Bertz CT molecular complexity index is 416. The summed E-state index contributed by atoms with van der Waals surface area (Å²) in [5, 5.41) is 4.22. The van der Waals surface area contributed by atoms with Gasteiger partial charge in [-0.05, 0) is 33.7 Å². The van der Waals surface area contributed by atoms with Crippen molar-refractivity contribution in [3.63, 3.8) is 0 Å². The lowest BCUT2D eigenvalue weighted by atomic mass is 10.1. The van der Waals surface area contributed by atoms with Crippen molar-refractivity contribution in [2.45, 2.75) is 32.7 Å². The Balaban J connectivity index is 2.12. The van der Waals surface area contributed by atoms with Gasteiger partial charge in [-0.2, -0.15) is 0 Å². The van der Waals surface area contributed by atoms with Crippen LogP contribution in [0.25, 0.3) is 0 Å². The van der Waals surface area contributed by atoms with Gasteiger partial charge in [0.2, 0.25) is 0 Å². The van der Waals surface area contributed by atoms with E-state index in [2.05, 4.69) is 10.3 Å². The molecule has 0 aliphatic carbocycles. The van der Waals surface area contributed by atoms with Gasteiger partial charge in [0.05, 0.1) is 10.7 Å². The first kappa shape index (κ1) is 12.5. The monoisotopic (exact) mass is 253 g/mol. The minimum atomic E-state index is 0.146. The summed E-state index contributed by atoms with van der Waals surface area (Å²) < 4.78 is 0. The van der Waals surface area contributed by atoms with Crippen molar-refractivity contribution in [1.82, 2.24) is 15.2 Å². The molecule has 2 rings (SSSR count). The summed E-state index contributed by atoms with van der Waals surface area (Å²) in [6, 6.07) is 0.432. The lowest BCUT2D eigenvalue weighted by Crippen LogP contribution is -2.46. The van der Waals surface area contributed by atoms with Crippen molar-refractivity contribution >= 4 is 17.2 Å². The standard InChI is InChI=1S/C12H19N3OS/c1-8-11(17-9(2)14-8)12(16)15-6-4-5-10(7-15)13-3/h10,13H,4-7H2,1-3H3. The van der Waals surface area contributed by atoms with Gasteiger partial charge in [-0.25, -0.2) is 4.98 Å². The van der Waals surface area contributed by atoms with Crippen LogP contribution in [0, 0.1) is 13.8 Å². The Morgan fingerprint density at radius 1 is 1.53 bits per heavy atom. The van der Waals surface area contributed by atoms with Gasteiger partial charge in [0, 0.05) is 19.1 Å². The minimum absolute atomic E-state index is 0.146. The highest BCUT2D eigenvalue weighted by molar-refractivity contribution is 7.13. The number of aryl methyl sites for hydroxylation is 2. The summed E-state index contributed by atoms with van der Waals surface area (Å²) in [5.74, 6) is 0.146. The molecule has 0 bridgehead atoms. The molecule has 0 radical (unpaired) electrons. The molecule has 0 saturated carbocycles. The van der Waals surface area contributed by atoms with Crippen LogP contribution in [-0.2, 0) is 0 Å². The molecule has 4 nitrogen and oxygen atoms in total. The number of aromatic nitrogens is 1. The molecule has 1 aliphatic rings. The Morgan fingerprint density at radius 3 is 2.88 bits per heavy atom. The topological polar surface area (TPSA) is 45.2 Å². The van der Waals surface area contributed by atoms with E-state index in [-0.39, 0.29) is 5.91 Å². The van der Waals surface area contributed by atoms with Gasteiger partial charge in [-0.15, -0.1) is 11.3 Å². The molecule has 1 saturated heterocycles. The van der Waals surface area contributed by atoms with Crippen LogP contribution in [0.3, 0.4) is 0 Å². The van der Waals surface area contributed by atoms with E-state index >= 15 is 0 Å². The maximum absolute atomic E-state index is 12.4. The van der Waals surface area contributed by atoms with Gasteiger partial charge in [0.15, 0.2) is 0 Å². The maximum Gasteiger partial charge on any atom is 0.265 e. The van der Waals surface area contributed by atoms with E-state index < -0.39 is 0 Å². The van der Waals surface area contributed by atoms with Crippen molar-refractivity contribution < 1.29 is 4.79 Å². The number of nitrogens with one attached hydrogen (secondary N) is 1. The fraction of sp³-hybridized carbons (Fsp3) is 0.667. The quantitative estimate of drug-likeness (QED) is 0.870. The van der Waals surface area contributed by atoms with Crippen LogP contribution in [0.2, 0.25) is 0 Å². The maximum atomic E-state index is 12.4. The van der Waals surface area contributed by atoms with Crippen LogP contribution in [0.1, 0.15) is 33.2 Å². The SMILES string of the molecule is CNC1CCCN(C(=O)c2sc(C)nc2C)C1. The molecule has 1 aromatic heterocycles. The molecule has 1 unspecified atom stereocenters. The molecule has 1 aromatic rings. The zero-order valence-corrected chi connectivity index (χ0v) is 11.4. The molecule has 1 fully saturated rings. The van der Waals surface area contributed by atoms with Crippen molar-refractivity contribution in [3.05, 3.63) is 15.6 Å². The second-order valence-electron chi connectivity index (χ2n) is 4.53. The third kappa shape index (κ3) is 2.66. The molecule has 5 heteroatoms. The second kappa shape index (κ2) is 5.14. The molecule has 0 spiro atoms. The minimum Gasteiger partial charge on any atom is -0.336 e. The molecule has 1 atom stereocenters. The lowest BCUT2D eigenvalue weighted by Gasteiger charge is -2.32. The Kier molecular flexibility index (Phi) is 3.79. The number of likely N-dealkylation sites (tertiary alicyclic amines) is 1. The average Bonchev–Trinajstić information content (AvgIpc) is 2.67. The van der Waals surface area contributed by atoms with Crippen LogP contribution in [-0.4, -0.2) is 42.0 Å². The zero-order valence-electron chi connectivity index (χ0n) is 10.6. The third-order valence-electron chi connectivity index (χ3n) is 3.21. The zero-order chi connectivity index (χ0) is 12.4. The van der Waals surface area contributed by atoms with E-state index in [0.29, 0.717) is 6.04 Å². The molecule has 94 valence electrons. The second-order valence-corrected chi connectivity index (χ2v) is 5.73. The Morgan fingerprint density at radius 2 is 2.29 bits per heavy atom. The van der Waals surface area contributed by atoms with Gasteiger partial charge in [-0.3, -0.25) is 4.79 Å². The highest BCUT2D eigenvalue weighted by Gasteiger charge is 2.25. The number of hydrogen-bond donors (Lipinski definition) is 1. The molecule has 17 heavy (non-hydrogen) atoms. The number of likely N-dealkylation sites (N-methyl/N-ethyl adjacent to an activating group) is 1. The molecule has 1 amide bonds. The number of thiazole rings is 1. The molecule has 0 aromatic carbocycles. The number of carbonyl (C=O) groups is 1. The lowest BCUT2D eigenvalue weighted by molar-refractivity contribution is 0.0702. The Hall–Kier alpha value is -0.940. The highest BCUT2D eigenvalue weighted by atomic mass is 32.1. The summed E-state index contributed by atoms with van der Waals surface area (Å²) >= 11 is 1.50. The van der Waals surface area contributed by atoms with Gasteiger partial charge >= 0.3 is 0 Å². The first-order chi connectivity index (χ1) is 8.11. The first-order valence-electron chi connectivity index (χ1n) is 6.02. The predicted octanol–water partition coefficient (Wildman–Crippen LogP) is 1.58. The van der Waals surface area contributed by atoms with E-state index in [9.17, 15) is 4.79 Å². The van der Waals surface area contributed by atoms with Crippen LogP contribution in [0.15, 0.2) is 0 Å². The van der Waals surface area contributed by atoms with Crippen LogP contribution in [0.5, 0.6) is 0 Å². The number of piperidine rings is 1. The van der Waals surface area contributed by atoms with Crippen molar-refractivity contribution in [2.24, 2.45) is 0 Å². The summed E-state index contributed by atoms with van der Waals surface area (Å²) in [6.07, 6.45) is 2.23. The van der Waals surface area contributed by atoms with E-state index in [4.69, 9.17) is 0 Å². The highest BCUT2D eigenvalue weighted by Crippen LogP contribution is 2.21. The van der Waals surface area contributed by atoms with Gasteiger partial charge in [-0.1, -0.05) is 0 Å². The average molecular weight is 253 g/mol. The van der Waals surface area contributed by atoms with Crippen molar-refractivity contribution in [2.75, 3.05) is 20.1 Å². The summed E-state index contributed by atoms with van der Waals surface area (Å²) in [5.41, 5.74) is 0.865. The molecule has 1 N–H and O–H groups in total. The van der Waals surface area contributed by atoms with E-state index in [1.54, 1.807) is 0 Å². The summed E-state index contributed by atoms with van der Waals surface area (Å²) in [7, 11) is 1.96.